The Kier molecular flexibility index (Phi) is 5.75. The molecule has 0 saturated carbocycles. The van der Waals surface area contributed by atoms with Gasteiger partial charge in [0.1, 0.15) is 0 Å². The van der Waals surface area contributed by atoms with Crippen molar-refractivity contribution >= 4 is 17.0 Å². The lowest BCUT2D eigenvalue weighted by molar-refractivity contribution is 0.0600. The summed E-state index contributed by atoms with van der Waals surface area (Å²) in [5, 5.41) is 0. The summed E-state index contributed by atoms with van der Waals surface area (Å²) in [6.45, 7) is 0.504. The van der Waals surface area contributed by atoms with Gasteiger partial charge in [-0.1, -0.05) is 42.5 Å². The Balaban J connectivity index is 1.74. The zero-order chi connectivity index (χ0) is 21.8. The summed E-state index contributed by atoms with van der Waals surface area (Å²) in [6, 6.07) is 20.0. The fourth-order valence-electron chi connectivity index (χ4n) is 3.53. The highest BCUT2D eigenvalue weighted by atomic mass is 16.5. The summed E-state index contributed by atoms with van der Waals surface area (Å²) >= 11 is 0. The van der Waals surface area contributed by atoms with Crippen molar-refractivity contribution < 1.29 is 9.53 Å². The topological polar surface area (TPSA) is 83.2 Å². The first-order valence-corrected chi connectivity index (χ1v) is 9.88. The number of carbonyl (C=O) groups excluding carboxylic acids is 1. The summed E-state index contributed by atoms with van der Waals surface area (Å²) in [4.78, 5) is 42.1. The van der Waals surface area contributed by atoms with Gasteiger partial charge in [0.2, 0.25) is 0 Å². The first-order valence-electron chi connectivity index (χ1n) is 9.88. The lowest BCUT2D eigenvalue weighted by atomic mass is 10.1. The van der Waals surface area contributed by atoms with Crippen LogP contribution in [0.2, 0.25) is 0 Å². The number of methoxy groups -OCH3 is 1. The summed E-state index contributed by atoms with van der Waals surface area (Å²) in [5.74, 6) is -0.423. The molecule has 0 aliphatic rings. The molecule has 0 atom stereocenters. The molecule has 0 N–H and O–H groups in total. The minimum atomic E-state index is -0.423. The molecule has 0 aliphatic carbocycles. The molecule has 2 aromatic heterocycles. The number of hydrogen-bond acceptors (Lipinski definition) is 5. The maximum atomic E-state index is 13.3. The van der Waals surface area contributed by atoms with E-state index < -0.39 is 17.2 Å². The van der Waals surface area contributed by atoms with Gasteiger partial charge in [0.05, 0.1) is 24.7 Å². The van der Waals surface area contributed by atoms with Gasteiger partial charge in [-0.15, -0.1) is 0 Å². The molecular weight excluding hydrogens is 394 g/mol. The van der Waals surface area contributed by atoms with Crippen LogP contribution >= 0.6 is 0 Å². The summed E-state index contributed by atoms with van der Waals surface area (Å²) < 4.78 is 7.51. The number of benzene rings is 2. The van der Waals surface area contributed by atoms with Gasteiger partial charge in [0.25, 0.3) is 5.56 Å². The van der Waals surface area contributed by atoms with E-state index in [2.05, 4.69) is 4.98 Å². The van der Waals surface area contributed by atoms with Crippen molar-refractivity contribution in [2.75, 3.05) is 7.11 Å². The molecule has 31 heavy (non-hydrogen) atoms. The number of carbonyl (C=O) groups is 1. The number of rotatable bonds is 6. The number of aryl methyl sites for hydroxylation is 1. The second-order valence-corrected chi connectivity index (χ2v) is 7.12. The van der Waals surface area contributed by atoms with Crippen LogP contribution in [0.4, 0.5) is 0 Å². The number of fused-ring (bicyclic) bond motifs is 1. The van der Waals surface area contributed by atoms with Crippen molar-refractivity contribution in [2.24, 2.45) is 0 Å². The number of nitrogens with zero attached hydrogens (tertiary/aromatic N) is 3. The molecule has 0 radical (unpaired) electrons. The normalized spacial score (nSPS) is 10.9. The summed E-state index contributed by atoms with van der Waals surface area (Å²) in [7, 11) is 1.33. The Labute approximate surface area is 178 Å². The van der Waals surface area contributed by atoms with Gasteiger partial charge in [-0.05, 0) is 41.8 Å². The number of pyridine rings is 1. The van der Waals surface area contributed by atoms with E-state index in [0.29, 0.717) is 17.5 Å². The van der Waals surface area contributed by atoms with E-state index in [-0.39, 0.29) is 18.6 Å². The summed E-state index contributed by atoms with van der Waals surface area (Å²) in [6.07, 6.45) is 2.10. The molecule has 0 unspecified atom stereocenters. The third-order valence-corrected chi connectivity index (χ3v) is 5.17. The Hall–Kier alpha value is -4.00. The van der Waals surface area contributed by atoms with Crippen LogP contribution in [0.5, 0.6) is 0 Å². The van der Waals surface area contributed by atoms with Gasteiger partial charge in [0, 0.05) is 12.7 Å². The van der Waals surface area contributed by atoms with Crippen LogP contribution in [0.1, 0.15) is 21.5 Å². The molecule has 2 heterocycles. The molecule has 0 aliphatic heterocycles. The molecule has 4 aromatic rings. The van der Waals surface area contributed by atoms with Gasteiger partial charge in [0.15, 0.2) is 5.52 Å². The van der Waals surface area contributed by atoms with Crippen LogP contribution in [0.25, 0.3) is 11.0 Å². The fraction of sp³-hybridized carbons (Fsp3) is 0.167. The minimum absolute atomic E-state index is 0.244. The molecule has 0 saturated heterocycles. The van der Waals surface area contributed by atoms with E-state index in [1.807, 2.05) is 30.3 Å². The van der Waals surface area contributed by atoms with E-state index in [4.69, 9.17) is 4.74 Å². The highest BCUT2D eigenvalue weighted by Crippen LogP contribution is 2.11. The van der Waals surface area contributed by atoms with Gasteiger partial charge < -0.3 is 4.74 Å². The number of ether oxygens (including phenoxy) is 1. The standard InChI is InChI=1S/C24H21N3O4/c1-31-23(29)19-11-9-18(10-12-19)16-27-20-8-5-14-25-21(20)22(28)26(24(27)30)15-13-17-6-3-2-4-7-17/h2-12,14H,13,15-16H2,1H3. The summed E-state index contributed by atoms with van der Waals surface area (Å²) in [5.41, 5.74) is 2.23. The van der Waals surface area contributed by atoms with Crippen LogP contribution in [0, 0.1) is 0 Å². The van der Waals surface area contributed by atoms with E-state index in [1.54, 1.807) is 47.2 Å². The van der Waals surface area contributed by atoms with Crippen LogP contribution in [0.3, 0.4) is 0 Å². The zero-order valence-corrected chi connectivity index (χ0v) is 17.0. The predicted molar refractivity (Wildman–Crippen MR) is 117 cm³/mol. The smallest absolute Gasteiger partial charge is 0.337 e. The van der Waals surface area contributed by atoms with Crippen LogP contribution in [-0.2, 0) is 24.2 Å². The molecule has 0 amide bonds. The second-order valence-electron chi connectivity index (χ2n) is 7.12. The Morgan fingerprint density at radius 1 is 0.903 bits per heavy atom. The Bertz CT molecular complexity index is 1340. The van der Waals surface area contributed by atoms with Crippen LogP contribution in [0.15, 0.2) is 82.5 Å². The Morgan fingerprint density at radius 2 is 1.65 bits per heavy atom. The highest BCUT2D eigenvalue weighted by molar-refractivity contribution is 5.89. The molecule has 0 fully saturated rings. The third-order valence-electron chi connectivity index (χ3n) is 5.17. The Morgan fingerprint density at radius 3 is 2.35 bits per heavy atom. The van der Waals surface area contributed by atoms with Crippen molar-refractivity contribution in [1.29, 1.82) is 0 Å². The minimum Gasteiger partial charge on any atom is -0.465 e. The number of esters is 1. The lowest BCUT2D eigenvalue weighted by Gasteiger charge is -2.14. The van der Waals surface area contributed by atoms with Crippen molar-refractivity contribution in [3.8, 4) is 0 Å². The van der Waals surface area contributed by atoms with E-state index in [0.717, 1.165) is 11.1 Å². The quantitative estimate of drug-likeness (QED) is 0.452. The molecule has 4 rings (SSSR count). The monoisotopic (exact) mass is 415 g/mol. The average Bonchev–Trinajstić information content (AvgIpc) is 2.82. The number of hydrogen-bond donors (Lipinski definition) is 0. The van der Waals surface area contributed by atoms with Crippen LogP contribution < -0.4 is 11.2 Å². The maximum absolute atomic E-state index is 13.3. The first-order chi connectivity index (χ1) is 15.1. The SMILES string of the molecule is COC(=O)c1ccc(Cn2c(=O)n(CCc3ccccc3)c(=O)c3ncccc32)cc1. The van der Waals surface area contributed by atoms with Gasteiger partial charge in [-0.25, -0.2) is 14.6 Å². The fourth-order valence-corrected chi connectivity index (χ4v) is 3.53. The second kappa shape index (κ2) is 8.79. The molecule has 0 bridgehead atoms. The van der Waals surface area contributed by atoms with Crippen molar-refractivity contribution in [1.82, 2.24) is 14.1 Å². The molecule has 0 spiro atoms. The molecular formula is C24H21N3O4. The first kappa shape index (κ1) is 20.3. The van der Waals surface area contributed by atoms with Gasteiger partial charge in [-0.3, -0.25) is 13.9 Å². The lowest BCUT2D eigenvalue weighted by Crippen LogP contribution is -2.41. The average molecular weight is 415 g/mol. The third kappa shape index (κ3) is 4.16. The van der Waals surface area contributed by atoms with E-state index in [1.165, 1.54) is 11.7 Å². The zero-order valence-electron chi connectivity index (χ0n) is 17.0. The van der Waals surface area contributed by atoms with Gasteiger partial charge in [-0.2, -0.15) is 0 Å². The van der Waals surface area contributed by atoms with Crippen molar-refractivity contribution in [2.45, 2.75) is 19.5 Å². The highest BCUT2D eigenvalue weighted by Gasteiger charge is 2.14. The van der Waals surface area contributed by atoms with Crippen molar-refractivity contribution in [3.05, 3.63) is 110 Å². The largest absolute Gasteiger partial charge is 0.465 e. The predicted octanol–water partition coefficient (Wildman–Crippen LogP) is 2.64. The van der Waals surface area contributed by atoms with Crippen molar-refractivity contribution in [3.63, 3.8) is 0 Å². The van der Waals surface area contributed by atoms with Crippen LogP contribution in [-0.4, -0.2) is 27.2 Å². The molecule has 2 aromatic carbocycles. The van der Waals surface area contributed by atoms with Gasteiger partial charge >= 0.3 is 11.7 Å². The molecule has 156 valence electrons. The van der Waals surface area contributed by atoms with E-state index >= 15 is 0 Å². The molecule has 7 nitrogen and oxygen atoms in total. The maximum Gasteiger partial charge on any atom is 0.337 e. The number of aromatic nitrogens is 3. The molecule has 7 heteroatoms. The van der Waals surface area contributed by atoms with E-state index in [9.17, 15) is 14.4 Å².